The van der Waals surface area contributed by atoms with Crippen LogP contribution in [0, 0.1) is 17.0 Å². The smallest absolute Gasteiger partial charge is 0.353 e. The maximum Gasteiger partial charge on any atom is 0.353 e. The monoisotopic (exact) mass is 342 g/mol. The second-order valence-corrected chi connectivity index (χ2v) is 5.44. The molecule has 0 aromatic carbocycles. The van der Waals surface area contributed by atoms with E-state index in [-0.39, 0.29) is 18.8 Å². The highest BCUT2D eigenvalue weighted by molar-refractivity contribution is 5.33. The minimum Gasteiger partial charge on any atom is -0.472 e. The van der Waals surface area contributed by atoms with Crippen molar-refractivity contribution in [2.75, 3.05) is 0 Å². The highest BCUT2D eigenvalue weighted by Crippen LogP contribution is 2.12. The summed E-state index contributed by atoms with van der Waals surface area (Å²) in [5, 5.41) is 11.4. The normalized spacial score (nSPS) is 10.8. The van der Waals surface area contributed by atoms with Crippen LogP contribution >= 0.6 is 0 Å². The van der Waals surface area contributed by atoms with Crippen LogP contribution in [0.1, 0.15) is 16.8 Å². The maximum atomic E-state index is 12.8. The predicted molar refractivity (Wildman–Crippen MR) is 87.5 cm³/mol. The number of nitro groups is 1. The quantitative estimate of drug-likeness (QED) is 0.510. The van der Waals surface area contributed by atoms with Gasteiger partial charge in [0.05, 0.1) is 30.5 Å². The van der Waals surface area contributed by atoms with Crippen molar-refractivity contribution in [3.63, 3.8) is 0 Å². The summed E-state index contributed by atoms with van der Waals surface area (Å²) in [6.07, 6.45) is 5.90. The fraction of sp³-hybridized carbons (Fsp3) is 0.188. The molecule has 9 heteroatoms. The SMILES string of the molecule is Cc1c([N+](=O)[O-])c(=O)n(Cc2ccoc2)c(=O)n1Cc1ccncc1. The number of pyridine rings is 1. The molecule has 0 aliphatic carbocycles. The van der Waals surface area contributed by atoms with Crippen molar-refractivity contribution < 1.29 is 9.34 Å². The molecule has 0 unspecified atom stereocenters. The summed E-state index contributed by atoms with van der Waals surface area (Å²) < 4.78 is 6.99. The van der Waals surface area contributed by atoms with Crippen LogP contribution in [0.3, 0.4) is 0 Å². The zero-order chi connectivity index (χ0) is 18.0. The molecule has 3 aromatic heterocycles. The van der Waals surface area contributed by atoms with Crippen LogP contribution in [0.25, 0.3) is 0 Å². The molecule has 9 nitrogen and oxygen atoms in total. The number of furan rings is 1. The number of aromatic nitrogens is 3. The van der Waals surface area contributed by atoms with Crippen molar-refractivity contribution in [1.29, 1.82) is 0 Å². The molecular formula is C16H14N4O5. The summed E-state index contributed by atoms with van der Waals surface area (Å²) in [5.41, 5.74) is -0.848. The van der Waals surface area contributed by atoms with Crippen molar-refractivity contribution in [2.45, 2.75) is 20.0 Å². The third-order valence-corrected chi connectivity index (χ3v) is 3.85. The Morgan fingerprint density at radius 1 is 1.12 bits per heavy atom. The average molecular weight is 342 g/mol. The lowest BCUT2D eigenvalue weighted by molar-refractivity contribution is -0.387. The van der Waals surface area contributed by atoms with Crippen LogP contribution in [0.15, 0.2) is 57.1 Å². The Hall–Kier alpha value is -3.49. The lowest BCUT2D eigenvalue weighted by atomic mass is 10.2. The summed E-state index contributed by atoms with van der Waals surface area (Å²) in [7, 11) is 0. The first-order valence-corrected chi connectivity index (χ1v) is 7.37. The van der Waals surface area contributed by atoms with Gasteiger partial charge in [-0.1, -0.05) is 0 Å². The molecule has 0 fully saturated rings. The molecule has 0 aliphatic rings. The molecule has 0 bridgehead atoms. The van der Waals surface area contributed by atoms with Crippen molar-refractivity contribution in [2.24, 2.45) is 0 Å². The molecule has 128 valence electrons. The Morgan fingerprint density at radius 3 is 2.40 bits per heavy atom. The van der Waals surface area contributed by atoms with Crippen molar-refractivity contribution >= 4 is 5.69 Å². The Kier molecular flexibility index (Phi) is 4.29. The molecule has 0 atom stereocenters. The van der Waals surface area contributed by atoms with Gasteiger partial charge in [0, 0.05) is 18.0 Å². The van der Waals surface area contributed by atoms with Crippen molar-refractivity contribution in [3.8, 4) is 0 Å². The highest BCUT2D eigenvalue weighted by Gasteiger charge is 2.25. The van der Waals surface area contributed by atoms with E-state index >= 15 is 0 Å². The standard InChI is InChI=1S/C16H14N4O5/c1-11-14(20(23)24)15(21)19(9-13-4-7-25-10-13)16(22)18(11)8-12-2-5-17-6-3-12/h2-7,10H,8-9H2,1H3. The third kappa shape index (κ3) is 3.11. The summed E-state index contributed by atoms with van der Waals surface area (Å²) in [6, 6.07) is 4.98. The Morgan fingerprint density at radius 2 is 1.80 bits per heavy atom. The first-order valence-electron chi connectivity index (χ1n) is 7.37. The zero-order valence-corrected chi connectivity index (χ0v) is 13.3. The second-order valence-electron chi connectivity index (χ2n) is 5.44. The lowest BCUT2D eigenvalue weighted by Gasteiger charge is -2.13. The molecule has 0 saturated heterocycles. The van der Waals surface area contributed by atoms with Crippen LogP contribution in [-0.4, -0.2) is 19.0 Å². The van der Waals surface area contributed by atoms with Gasteiger partial charge in [-0.15, -0.1) is 0 Å². The Labute approximate surface area is 140 Å². The summed E-state index contributed by atoms with van der Waals surface area (Å²) in [4.78, 5) is 39.7. The topological polar surface area (TPSA) is 113 Å². The molecule has 0 radical (unpaired) electrons. The summed E-state index contributed by atoms with van der Waals surface area (Å²) in [5.74, 6) is 0. The van der Waals surface area contributed by atoms with Gasteiger partial charge in [0.1, 0.15) is 5.69 Å². The van der Waals surface area contributed by atoms with Crippen LogP contribution in [-0.2, 0) is 13.1 Å². The molecule has 0 amide bonds. The lowest BCUT2D eigenvalue weighted by Crippen LogP contribution is -2.42. The van der Waals surface area contributed by atoms with Crippen molar-refractivity contribution in [1.82, 2.24) is 14.1 Å². The second kappa shape index (κ2) is 6.56. The van der Waals surface area contributed by atoms with Gasteiger partial charge in [0.2, 0.25) is 0 Å². The zero-order valence-electron chi connectivity index (χ0n) is 13.3. The van der Waals surface area contributed by atoms with E-state index in [1.165, 1.54) is 24.0 Å². The summed E-state index contributed by atoms with van der Waals surface area (Å²) in [6.45, 7) is 1.38. The Balaban J connectivity index is 2.20. The largest absolute Gasteiger partial charge is 0.472 e. The number of hydrogen-bond acceptors (Lipinski definition) is 6. The highest BCUT2D eigenvalue weighted by atomic mass is 16.6. The van der Waals surface area contributed by atoms with Gasteiger partial charge in [0.15, 0.2) is 0 Å². The first-order chi connectivity index (χ1) is 12.0. The van der Waals surface area contributed by atoms with E-state index in [4.69, 9.17) is 4.42 Å². The fourth-order valence-electron chi connectivity index (χ4n) is 2.56. The molecule has 0 N–H and O–H groups in total. The van der Waals surface area contributed by atoms with Gasteiger partial charge < -0.3 is 4.42 Å². The number of rotatable bonds is 5. The van der Waals surface area contributed by atoms with Gasteiger partial charge in [-0.3, -0.25) is 24.5 Å². The Bertz CT molecular complexity index is 1020. The van der Waals surface area contributed by atoms with E-state index in [0.717, 1.165) is 10.1 Å². The maximum absolute atomic E-state index is 12.8. The molecule has 25 heavy (non-hydrogen) atoms. The van der Waals surface area contributed by atoms with Crippen LogP contribution in [0.5, 0.6) is 0 Å². The minimum atomic E-state index is -0.931. The molecule has 3 aromatic rings. The van der Waals surface area contributed by atoms with Crippen LogP contribution < -0.4 is 11.2 Å². The molecule has 3 heterocycles. The van der Waals surface area contributed by atoms with E-state index in [0.29, 0.717) is 5.56 Å². The van der Waals surface area contributed by atoms with Crippen LogP contribution in [0.2, 0.25) is 0 Å². The van der Waals surface area contributed by atoms with Crippen molar-refractivity contribution in [3.05, 3.63) is 90.9 Å². The molecular weight excluding hydrogens is 328 g/mol. The van der Waals surface area contributed by atoms with E-state index < -0.39 is 21.9 Å². The summed E-state index contributed by atoms with van der Waals surface area (Å²) >= 11 is 0. The fourth-order valence-corrected chi connectivity index (χ4v) is 2.56. The van der Waals surface area contributed by atoms with Gasteiger partial charge in [0.25, 0.3) is 0 Å². The number of nitrogens with zero attached hydrogens (tertiary/aromatic N) is 4. The van der Waals surface area contributed by atoms with Gasteiger partial charge in [-0.05, 0) is 30.7 Å². The molecule has 0 aliphatic heterocycles. The molecule has 0 spiro atoms. The van der Waals surface area contributed by atoms with E-state index in [2.05, 4.69) is 4.98 Å². The molecule has 0 saturated carbocycles. The van der Waals surface area contributed by atoms with Gasteiger partial charge in [-0.2, -0.15) is 0 Å². The first kappa shape index (κ1) is 16.4. The predicted octanol–water partition coefficient (Wildman–Crippen LogP) is 1.31. The van der Waals surface area contributed by atoms with E-state index in [9.17, 15) is 19.7 Å². The molecule has 3 rings (SSSR count). The van der Waals surface area contributed by atoms with Gasteiger partial charge >= 0.3 is 16.9 Å². The average Bonchev–Trinajstić information content (AvgIpc) is 3.09. The van der Waals surface area contributed by atoms with E-state index in [1.54, 1.807) is 30.6 Å². The van der Waals surface area contributed by atoms with E-state index in [1.807, 2.05) is 0 Å². The minimum absolute atomic E-state index is 0.0141. The third-order valence-electron chi connectivity index (χ3n) is 3.85. The van der Waals surface area contributed by atoms with Gasteiger partial charge in [-0.25, -0.2) is 9.36 Å². The van der Waals surface area contributed by atoms with Crippen LogP contribution in [0.4, 0.5) is 5.69 Å². The number of hydrogen-bond donors (Lipinski definition) is 0.